The van der Waals surface area contributed by atoms with Crippen LogP contribution in [0.1, 0.15) is 40.0 Å². The third-order valence-electron chi connectivity index (χ3n) is 3.44. The van der Waals surface area contributed by atoms with E-state index in [0.29, 0.717) is 23.0 Å². The van der Waals surface area contributed by atoms with E-state index in [2.05, 4.69) is 24.5 Å². The summed E-state index contributed by atoms with van der Waals surface area (Å²) in [6.45, 7) is 8.33. The number of carbonyl (C=O) groups excluding carboxylic acids is 1. The van der Waals surface area contributed by atoms with Gasteiger partial charge in [-0.25, -0.2) is 0 Å². The Morgan fingerprint density at radius 1 is 1.35 bits per heavy atom. The summed E-state index contributed by atoms with van der Waals surface area (Å²) in [5.41, 5.74) is 0. The first-order valence-electron chi connectivity index (χ1n) is 6.80. The molecule has 2 N–H and O–H groups in total. The quantitative estimate of drug-likeness (QED) is 0.734. The van der Waals surface area contributed by atoms with Crippen LogP contribution >= 0.6 is 11.8 Å². The predicted octanol–water partition coefficient (Wildman–Crippen LogP) is 2.02. The molecule has 0 saturated heterocycles. The highest BCUT2D eigenvalue weighted by molar-refractivity contribution is 8.00. The van der Waals surface area contributed by atoms with Crippen molar-refractivity contribution in [2.24, 2.45) is 5.92 Å². The van der Waals surface area contributed by atoms with Gasteiger partial charge in [0.15, 0.2) is 0 Å². The molecule has 1 aliphatic carbocycles. The van der Waals surface area contributed by atoms with Crippen LogP contribution in [-0.4, -0.2) is 36.0 Å². The number of hydrogen-bond acceptors (Lipinski definition) is 3. The third kappa shape index (κ3) is 4.88. The van der Waals surface area contributed by atoms with E-state index >= 15 is 0 Å². The zero-order valence-corrected chi connectivity index (χ0v) is 12.1. The molecule has 0 aromatic heterocycles. The Bertz CT molecular complexity index is 235. The van der Waals surface area contributed by atoms with Crippen LogP contribution in [0.2, 0.25) is 0 Å². The highest BCUT2D eigenvalue weighted by Crippen LogP contribution is 2.34. The highest BCUT2D eigenvalue weighted by atomic mass is 32.2. The van der Waals surface area contributed by atoms with E-state index in [-0.39, 0.29) is 5.91 Å². The SMILES string of the molecule is CCCNC1CCC(SCC(=O)NCC)C1C. The summed E-state index contributed by atoms with van der Waals surface area (Å²) in [5.74, 6) is 1.47. The van der Waals surface area contributed by atoms with Crippen molar-refractivity contribution >= 4 is 17.7 Å². The van der Waals surface area contributed by atoms with Gasteiger partial charge in [-0.05, 0) is 38.6 Å². The Labute approximate surface area is 109 Å². The summed E-state index contributed by atoms with van der Waals surface area (Å²) in [6, 6.07) is 0.654. The maximum atomic E-state index is 11.4. The number of amides is 1. The third-order valence-corrected chi connectivity index (χ3v) is 4.96. The zero-order chi connectivity index (χ0) is 12.7. The maximum absolute atomic E-state index is 11.4. The van der Waals surface area contributed by atoms with Crippen LogP contribution in [-0.2, 0) is 4.79 Å². The minimum absolute atomic E-state index is 0.176. The molecule has 1 saturated carbocycles. The van der Waals surface area contributed by atoms with E-state index in [1.54, 1.807) is 0 Å². The number of hydrogen-bond donors (Lipinski definition) is 2. The second-order valence-corrected chi connectivity index (χ2v) is 6.03. The van der Waals surface area contributed by atoms with E-state index in [4.69, 9.17) is 0 Å². The fourth-order valence-corrected chi connectivity index (χ4v) is 3.68. The fraction of sp³-hybridized carbons (Fsp3) is 0.923. The first kappa shape index (κ1) is 14.8. The van der Waals surface area contributed by atoms with Crippen molar-refractivity contribution in [3.63, 3.8) is 0 Å². The molecule has 3 nitrogen and oxygen atoms in total. The lowest BCUT2D eigenvalue weighted by atomic mass is 10.1. The molecule has 0 aliphatic heterocycles. The lowest BCUT2D eigenvalue weighted by Crippen LogP contribution is -2.34. The Kier molecular flexibility index (Phi) is 6.97. The summed E-state index contributed by atoms with van der Waals surface area (Å²) < 4.78 is 0. The number of thioether (sulfide) groups is 1. The minimum atomic E-state index is 0.176. The molecule has 17 heavy (non-hydrogen) atoms. The van der Waals surface area contributed by atoms with Crippen molar-refractivity contribution in [2.75, 3.05) is 18.8 Å². The van der Waals surface area contributed by atoms with Crippen molar-refractivity contribution in [3.8, 4) is 0 Å². The van der Waals surface area contributed by atoms with Gasteiger partial charge in [0.25, 0.3) is 0 Å². The monoisotopic (exact) mass is 258 g/mol. The van der Waals surface area contributed by atoms with Crippen LogP contribution in [0.4, 0.5) is 0 Å². The second-order valence-electron chi connectivity index (χ2n) is 4.80. The number of nitrogens with one attached hydrogen (secondary N) is 2. The molecule has 0 aromatic carbocycles. The van der Waals surface area contributed by atoms with Gasteiger partial charge in [-0.15, -0.1) is 11.8 Å². The summed E-state index contributed by atoms with van der Waals surface area (Å²) >= 11 is 1.83. The molecule has 1 aliphatic rings. The summed E-state index contributed by atoms with van der Waals surface area (Å²) in [7, 11) is 0. The number of carbonyl (C=O) groups is 1. The van der Waals surface area contributed by atoms with Gasteiger partial charge in [0.05, 0.1) is 5.75 Å². The molecule has 0 radical (unpaired) electrons. The van der Waals surface area contributed by atoms with Crippen LogP contribution in [0.3, 0.4) is 0 Å². The van der Waals surface area contributed by atoms with Gasteiger partial charge < -0.3 is 10.6 Å². The van der Waals surface area contributed by atoms with E-state index in [1.165, 1.54) is 19.3 Å². The summed E-state index contributed by atoms with van der Waals surface area (Å²) in [4.78, 5) is 11.4. The Morgan fingerprint density at radius 2 is 2.12 bits per heavy atom. The first-order valence-corrected chi connectivity index (χ1v) is 7.85. The standard InChI is InChI=1S/C13H26N2OS/c1-4-8-15-11-6-7-12(10(11)3)17-9-13(16)14-5-2/h10-12,15H,4-9H2,1-3H3,(H,14,16). The molecule has 100 valence electrons. The lowest BCUT2D eigenvalue weighted by Gasteiger charge is -2.21. The molecule has 3 unspecified atom stereocenters. The van der Waals surface area contributed by atoms with Crippen molar-refractivity contribution in [3.05, 3.63) is 0 Å². The summed E-state index contributed by atoms with van der Waals surface area (Å²) in [5, 5.41) is 7.11. The normalized spacial score (nSPS) is 28.3. The van der Waals surface area contributed by atoms with Gasteiger partial charge in [0.1, 0.15) is 0 Å². The smallest absolute Gasteiger partial charge is 0.229 e. The molecule has 0 heterocycles. The van der Waals surface area contributed by atoms with Gasteiger partial charge >= 0.3 is 0 Å². The van der Waals surface area contributed by atoms with Crippen LogP contribution < -0.4 is 10.6 Å². The molecule has 0 bridgehead atoms. The molecular weight excluding hydrogens is 232 g/mol. The topological polar surface area (TPSA) is 41.1 Å². The van der Waals surface area contributed by atoms with Gasteiger partial charge in [0, 0.05) is 17.8 Å². The Balaban J connectivity index is 2.24. The fourth-order valence-electron chi connectivity index (χ4n) is 2.41. The zero-order valence-electron chi connectivity index (χ0n) is 11.3. The minimum Gasteiger partial charge on any atom is -0.356 e. The van der Waals surface area contributed by atoms with E-state index in [0.717, 1.165) is 13.1 Å². The second kappa shape index (κ2) is 7.98. The van der Waals surface area contributed by atoms with E-state index in [1.807, 2.05) is 18.7 Å². The highest BCUT2D eigenvalue weighted by Gasteiger charge is 2.32. The van der Waals surface area contributed by atoms with Gasteiger partial charge in [-0.2, -0.15) is 0 Å². The van der Waals surface area contributed by atoms with Crippen molar-refractivity contribution < 1.29 is 4.79 Å². The van der Waals surface area contributed by atoms with Gasteiger partial charge in [-0.1, -0.05) is 13.8 Å². The van der Waals surface area contributed by atoms with Crippen molar-refractivity contribution in [1.82, 2.24) is 10.6 Å². The molecule has 1 rings (SSSR count). The van der Waals surface area contributed by atoms with E-state index in [9.17, 15) is 4.79 Å². The van der Waals surface area contributed by atoms with Crippen molar-refractivity contribution in [1.29, 1.82) is 0 Å². The molecule has 4 heteroatoms. The van der Waals surface area contributed by atoms with Crippen molar-refractivity contribution in [2.45, 2.75) is 51.3 Å². The average molecular weight is 258 g/mol. The first-order chi connectivity index (χ1) is 8.19. The van der Waals surface area contributed by atoms with Crippen LogP contribution in [0, 0.1) is 5.92 Å². The largest absolute Gasteiger partial charge is 0.356 e. The predicted molar refractivity (Wildman–Crippen MR) is 75.4 cm³/mol. The molecule has 1 amide bonds. The van der Waals surface area contributed by atoms with E-state index < -0.39 is 0 Å². The molecule has 3 atom stereocenters. The van der Waals surface area contributed by atoms with Crippen LogP contribution in [0.5, 0.6) is 0 Å². The Morgan fingerprint density at radius 3 is 2.76 bits per heavy atom. The molecule has 0 spiro atoms. The number of rotatable bonds is 7. The Hall–Kier alpha value is -0.220. The summed E-state index contributed by atoms with van der Waals surface area (Å²) in [6.07, 6.45) is 3.70. The average Bonchev–Trinajstić information content (AvgIpc) is 2.66. The molecule has 0 aromatic rings. The van der Waals surface area contributed by atoms with Crippen LogP contribution in [0.15, 0.2) is 0 Å². The van der Waals surface area contributed by atoms with Gasteiger partial charge in [-0.3, -0.25) is 4.79 Å². The maximum Gasteiger partial charge on any atom is 0.229 e. The van der Waals surface area contributed by atoms with Gasteiger partial charge in [0.2, 0.25) is 5.91 Å². The lowest BCUT2D eigenvalue weighted by molar-refractivity contribution is -0.118. The molecule has 1 fully saturated rings. The molecular formula is C13H26N2OS. The van der Waals surface area contributed by atoms with Crippen LogP contribution in [0.25, 0.3) is 0 Å².